The fourth-order valence-corrected chi connectivity index (χ4v) is 2.24. The van der Waals surface area contributed by atoms with Gasteiger partial charge in [0.15, 0.2) is 17.5 Å². The van der Waals surface area contributed by atoms with E-state index in [4.69, 9.17) is 5.73 Å². The van der Waals surface area contributed by atoms with Crippen molar-refractivity contribution in [2.75, 3.05) is 0 Å². The lowest BCUT2D eigenvalue weighted by Crippen LogP contribution is -2.16. The highest BCUT2D eigenvalue weighted by Gasteiger charge is 2.20. The summed E-state index contributed by atoms with van der Waals surface area (Å²) in [6.45, 7) is 3.38. The maximum atomic E-state index is 14.0. The van der Waals surface area contributed by atoms with Gasteiger partial charge < -0.3 is 5.73 Å². The minimum Gasteiger partial charge on any atom is -0.320 e. The first kappa shape index (κ1) is 14.5. The van der Waals surface area contributed by atoms with E-state index in [1.807, 2.05) is 0 Å². The number of benzene rings is 2. The molecule has 0 heterocycles. The third-order valence-corrected chi connectivity index (χ3v) is 3.16. The van der Waals surface area contributed by atoms with Crippen molar-refractivity contribution in [2.45, 2.75) is 19.9 Å². The highest BCUT2D eigenvalue weighted by molar-refractivity contribution is 5.40. The zero-order valence-corrected chi connectivity index (χ0v) is 11.0. The van der Waals surface area contributed by atoms with Crippen LogP contribution in [-0.2, 0) is 0 Å². The van der Waals surface area contributed by atoms with Crippen LogP contribution in [-0.4, -0.2) is 0 Å². The lowest BCUT2D eigenvalue weighted by atomic mass is 9.93. The third-order valence-electron chi connectivity index (χ3n) is 3.16. The van der Waals surface area contributed by atoms with Crippen molar-refractivity contribution in [3.63, 3.8) is 0 Å². The Balaban J connectivity index is 2.55. The summed E-state index contributed by atoms with van der Waals surface area (Å²) in [7, 11) is 0. The average molecular weight is 283 g/mol. The summed E-state index contributed by atoms with van der Waals surface area (Å²) in [5.41, 5.74) is 7.26. The van der Waals surface area contributed by atoms with Gasteiger partial charge in [-0.2, -0.15) is 0 Å². The average Bonchev–Trinajstić information content (AvgIpc) is 2.33. The molecule has 1 atom stereocenters. The Morgan fingerprint density at radius 3 is 1.90 bits per heavy atom. The standard InChI is InChI=1S/C15H13F4N/c1-7-3-8(2)13(10(16)4-7)15(20)9-5-11(17)14(19)12(18)6-9/h3-6,15H,20H2,1-2H3. The normalized spacial score (nSPS) is 12.6. The molecule has 1 unspecified atom stereocenters. The Morgan fingerprint density at radius 2 is 1.40 bits per heavy atom. The van der Waals surface area contributed by atoms with E-state index in [2.05, 4.69) is 0 Å². The van der Waals surface area contributed by atoms with Gasteiger partial charge in [0.1, 0.15) is 5.82 Å². The molecule has 0 aliphatic carbocycles. The molecule has 1 nitrogen and oxygen atoms in total. The molecule has 0 saturated carbocycles. The summed E-state index contributed by atoms with van der Waals surface area (Å²) in [6, 6.07) is 3.50. The summed E-state index contributed by atoms with van der Waals surface area (Å²) < 4.78 is 53.3. The highest BCUT2D eigenvalue weighted by atomic mass is 19.2. The lowest BCUT2D eigenvalue weighted by Gasteiger charge is -2.17. The number of hydrogen-bond donors (Lipinski definition) is 1. The Bertz CT molecular complexity index is 621. The predicted octanol–water partition coefficient (Wildman–Crippen LogP) is 3.91. The molecule has 2 rings (SSSR count). The van der Waals surface area contributed by atoms with Crippen LogP contribution in [0.4, 0.5) is 17.6 Å². The molecule has 0 bridgehead atoms. The molecule has 2 aromatic carbocycles. The molecule has 0 saturated heterocycles. The van der Waals surface area contributed by atoms with E-state index in [-0.39, 0.29) is 11.1 Å². The topological polar surface area (TPSA) is 26.0 Å². The van der Waals surface area contributed by atoms with Crippen LogP contribution in [0.1, 0.15) is 28.3 Å². The first-order chi connectivity index (χ1) is 9.31. The highest BCUT2D eigenvalue weighted by Crippen LogP contribution is 2.28. The van der Waals surface area contributed by atoms with Crippen molar-refractivity contribution in [3.05, 3.63) is 69.8 Å². The third kappa shape index (κ3) is 2.54. The minimum atomic E-state index is -1.57. The Kier molecular flexibility index (Phi) is 3.81. The van der Waals surface area contributed by atoms with Crippen LogP contribution in [0.2, 0.25) is 0 Å². The first-order valence-corrected chi connectivity index (χ1v) is 5.98. The zero-order chi connectivity index (χ0) is 15.0. The van der Waals surface area contributed by atoms with E-state index in [1.165, 1.54) is 6.07 Å². The van der Waals surface area contributed by atoms with Gasteiger partial charge in [0.05, 0.1) is 6.04 Å². The molecule has 0 fully saturated rings. The Labute approximate surface area is 114 Å². The smallest absolute Gasteiger partial charge is 0.194 e. The molecule has 0 radical (unpaired) electrons. The molecule has 0 aromatic heterocycles. The van der Waals surface area contributed by atoms with Crippen LogP contribution in [0.5, 0.6) is 0 Å². The second-order valence-electron chi connectivity index (χ2n) is 4.75. The lowest BCUT2D eigenvalue weighted by molar-refractivity contribution is 0.444. The number of aryl methyl sites for hydroxylation is 2. The van der Waals surface area contributed by atoms with Gasteiger partial charge in [-0.3, -0.25) is 0 Å². The Hall–Kier alpha value is -1.88. The van der Waals surface area contributed by atoms with Gasteiger partial charge >= 0.3 is 0 Å². The molecule has 0 spiro atoms. The quantitative estimate of drug-likeness (QED) is 0.656. The molecule has 0 aliphatic heterocycles. The van der Waals surface area contributed by atoms with Crippen LogP contribution in [0, 0.1) is 37.1 Å². The first-order valence-electron chi connectivity index (χ1n) is 5.98. The van der Waals surface area contributed by atoms with Gasteiger partial charge in [-0.05, 0) is 48.7 Å². The molecule has 20 heavy (non-hydrogen) atoms. The van der Waals surface area contributed by atoms with E-state index in [1.54, 1.807) is 19.9 Å². The second-order valence-corrected chi connectivity index (χ2v) is 4.75. The van der Waals surface area contributed by atoms with E-state index in [0.29, 0.717) is 11.1 Å². The fraction of sp³-hybridized carbons (Fsp3) is 0.200. The molecule has 0 amide bonds. The van der Waals surface area contributed by atoms with Crippen molar-refractivity contribution in [1.82, 2.24) is 0 Å². The predicted molar refractivity (Wildman–Crippen MR) is 68.2 cm³/mol. The van der Waals surface area contributed by atoms with Crippen molar-refractivity contribution < 1.29 is 17.6 Å². The molecule has 2 N–H and O–H groups in total. The van der Waals surface area contributed by atoms with Crippen LogP contribution in [0.3, 0.4) is 0 Å². The summed E-state index contributed by atoms with van der Waals surface area (Å²) in [5, 5.41) is 0. The van der Waals surface area contributed by atoms with E-state index < -0.39 is 29.3 Å². The molecular weight excluding hydrogens is 270 g/mol. The molecule has 5 heteroatoms. The van der Waals surface area contributed by atoms with E-state index in [0.717, 1.165) is 12.1 Å². The van der Waals surface area contributed by atoms with Gasteiger partial charge in [0, 0.05) is 5.56 Å². The van der Waals surface area contributed by atoms with Crippen molar-refractivity contribution in [3.8, 4) is 0 Å². The number of halogens is 4. The summed E-state index contributed by atoms with van der Waals surface area (Å²) in [6.07, 6.45) is 0. The maximum absolute atomic E-state index is 14.0. The minimum absolute atomic E-state index is 0.0211. The number of nitrogens with two attached hydrogens (primary N) is 1. The zero-order valence-electron chi connectivity index (χ0n) is 11.0. The number of rotatable bonds is 2. The fourth-order valence-electron chi connectivity index (χ4n) is 2.24. The second kappa shape index (κ2) is 5.25. The molecule has 0 aliphatic rings. The van der Waals surface area contributed by atoms with Gasteiger partial charge in [-0.1, -0.05) is 6.07 Å². The summed E-state index contributed by atoms with van der Waals surface area (Å²) in [5.74, 6) is -4.82. The van der Waals surface area contributed by atoms with Crippen LogP contribution < -0.4 is 5.73 Å². The summed E-state index contributed by atoms with van der Waals surface area (Å²) >= 11 is 0. The molecular formula is C15H13F4N. The van der Waals surface area contributed by atoms with Gasteiger partial charge in [-0.15, -0.1) is 0 Å². The van der Waals surface area contributed by atoms with E-state index in [9.17, 15) is 17.6 Å². The van der Waals surface area contributed by atoms with Crippen LogP contribution in [0.15, 0.2) is 24.3 Å². The molecule has 106 valence electrons. The van der Waals surface area contributed by atoms with Gasteiger partial charge in [0.25, 0.3) is 0 Å². The largest absolute Gasteiger partial charge is 0.320 e. The van der Waals surface area contributed by atoms with E-state index >= 15 is 0 Å². The van der Waals surface area contributed by atoms with Crippen molar-refractivity contribution in [1.29, 1.82) is 0 Å². The van der Waals surface area contributed by atoms with Crippen molar-refractivity contribution in [2.24, 2.45) is 5.73 Å². The molecule has 2 aromatic rings. The van der Waals surface area contributed by atoms with Gasteiger partial charge in [0.2, 0.25) is 0 Å². The van der Waals surface area contributed by atoms with Crippen molar-refractivity contribution >= 4 is 0 Å². The monoisotopic (exact) mass is 283 g/mol. The van der Waals surface area contributed by atoms with Gasteiger partial charge in [-0.25, -0.2) is 17.6 Å². The van der Waals surface area contributed by atoms with Crippen LogP contribution in [0.25, 0.3) is 0 Å². The maximum Gasteiger partial charge on any atom is 0.194 e. The SMILES string of the molecule is Cc1cc(C)c(C(N)c2cc(F)c(F)c(F)c2)c(F)c1. The Morgan fingerprint density at radius 1 is 0.850 bits per heavy atom. The number of hydrogen-bond acceptors (Lipinski definition) is 1. The van der Waals surface area contributed by atoms with Crippen LogP contribution >= 0.6 is 0 Å². The summed E-state index contributed by atoms with van der Waals surface area (Å²) in [4.78, 5) is 0.